The standard InChI is InChI=1S/C21H17NO/c1-22(19-10-6-3-7-11-19)20-15-18(16-8-4-2-5-9-16)14-17-12-13-23-21(17)20/h2-15H,1H3. The normalized spacial score (nSPS) is 10.8. The van der Waals surface area contributed by atoms with Crippen molar-refractivity contribution >= 4 is 22.3 Å². The maximum absolute atomic E-state index is 5.74. The number of anilines is 2. The summed E-state index contributed by atoms with van der Waals surface area (Å²) in [7, 11) is 2.07. The van der Waals surface area contributed by atoms with Gasteiger partial charge in [-0.1, -0.05) is 48.5 Å². The number of hydrogen-bond donors (Lipinski definition) is 0. The van der Waals surface area contributed by atoms with E-state index in [2.05, 4.69) is 60.5 Å². The zero-order valence-electron chi connectivity index (χ0n) is 12.9. The summed E-state index contributed by atoms with van der Waals surface area (Å²) >= 11 is 0. The third-order valence-corrected chi connectivity index (χ3v) is 4.14. The van der Waals surface area contributed by atoms with E-state index in [4.69, 9.17) is 4.42 Å². The quantitative estimate of drug-likeness (QED) is 0.470. The molecule has 4 aromatic rings. The van der Waals surface area contributed by atoms with Crippen molar-refractivity contribution in [2.45, 2.75) is 0 Å². The van der Waals surface area contributed by atoms with Gasteiger partial charge in [0.1, 0.15) is 0 Å². The van der Waals surface area contributed by atoms with Crippen molar-refractivity contribution in [1.29, 1.82) is 0 Å². The second-order valence-corrected chi connectivity index (χ2v) is 5.59. The fraction of sp³-hybridized carbons (Fsp3) is 0.0476. The molecule has 23 heavy (non-hydrogen) atoms. The van der Waals surface area contributed by atoms with Crippen molar-refractivity contribution in [3.8, 4) is 11.1 Å². The number of rotatable bonds is 3. The van der Waals surface area contributed by atoms with Gasteiger partial charge in [0, 0.05) is 18.1 Å². The third kappa shape index (κ3) is 2.49. The van der Waals surface area contributed by atoms with Crippen LogP contribution >= 0.6 is 0 Å². The Morgan fingerprint density at radius 1 is 0.739 bits per heavy atom. The second kappa shape index (κ2) is 5.65. The van der Waals surface area contributed by atoms with Gasteiger partial charge in [-0.25, -0.2) is 0 Å². The van der Waals surface area contributed by atoms with Gasteiger partial charge in [0.15, 0.2) is 5.58 Å². The number of benzene rings is 3. The van der Waals surface area contributed by atoms with Gasteiger partial charge in [-0.15, -0.1) is 0 Å². The Bertz CT molecular complexity index is 926. The molecular weight excluding hydrogens is 282 g/mol. The van der Waals surface area contributed by atoms with E-state index in [1.54, 1.807) is 6.26 Å². The van der Waals surface area contributed by atoms with Crippen molar-refractivity contribution in [3.63, 3.8) is 0 Å². The van der Waals surface area contributed by atoms with Crippen molar-refractivity contribution in [2.75, 3.05) is 11.9 Å². The largest absolute Gasteiger partial charge is 0.462 e. The Kier molecular flexibility index (Phi) is 3.35. The average molecular weight is 299 g/mol. The van der Waals surface area contributed by atoms with Gasteiger partial charge in [0.2, 0.25) is 0 Å². The first-order valence-electron chi connectivity index (χ1n) is 7.68. The molecule has 0 saturated carbocycles. The van der Waals surface area contributed by atoms with E-state index in [1.165, 1.54) is 11.1 Å². The summed E-state index contributed by atoms with van der Waals surface area (Å²) in [6.07, 6.45) is 1.75. The molecular formula is C21H17NO. The highest BCUT2D eigenvalue weighted by Gasteiger charge is 2.13. The number of para-hydroxylation sites is 1. The zero-order valence-corrected chi connectivity index (χ0v) is 12.9. The van der Waals surface area contributed by atoms with Gasteiger partial charge in [-0.3, -0.25) is 0 Å². The maximum atomic E-state index is 5.74. The summed E-state index contributed by atoms with van der Waals surface area (Å²) in [6, 6.07) is 27.1. The molecule has 4 rings (SSSR count). The Balaban J connectivity index is 1.90. The molecule has 0 bridgehead atoms. The van der Waals surface area contributed by atoms with Crippen LogP contribution in [0.5, 0.6) is 0 Å². The zero-order chi connectivity index (χ0) is 15.6. The molecule has 1 aromatic heterocycles. The van der Waals surface area contributed by atoms with Crippen molar-refractivity contribution in [2.24, 2.45) is 0 Å². The molecule has 0 fully saturated rings. The lowest BCUT2D eigenvalue weighted by Gasteiger charge is -2.20. The van der Waals surface area contributed by atoms with Gasteiger partial charge >= 0.3 is 0 Å². The van der Waals surface area contributed by atoms with E-state index < -0.39 is 0 Å². The van der Waals surface area contributed by atoms with Crippen LogP contribution in [0.2, 0.25) is 0 Å². The van der Waals surface area contributed by atoms with Crippen LogP contribution in [0.15, 0.2) is 89.5 Å². The summed E-state index contributed by atoms with van der Waals surface area (Å²) in [6.45, 7) is 0. The van der Waals surface area contributed by atoms with E-state index in [9.17, 15) is 0 Å². The van der Waals surface area contributed by atoms with E-state index in [0.717, 1.165) is 22.3 Å². The highest BCUT2D eigenvalue weighted by Crippen LogP contribution is 2.36. The highest BCUT2D eigenvalue weighted by atomic mass is 16.3. The molecule has 0 unspecified atom stereocenters. The SMILES string of the molecule is CN(c1ccccc1)c1cc(-c2ccccc2)cc2ccoc12. The first kappa shape index (κ1) is 13.6. The molecule has 0 radical (unpaired) electrons. The average Bonchev–Trinajstić information content (AvgIpc) is 3.10. The van der Waals surface area contributed by atoms with Gasteiger partial charge in [0.25, 0.3) is 0 Å². The van der Waals surface area contributed by atoms with Crippen LogP contribution in [0, 0.1) is 0 Å². The first-order valence-corrected chi connectivity index (χ1v) is 7.68. The molecule has 0 aliphatic heterocycles. The van der Waals surface area contributed by atoms with E-state index in [-0.39, 0.29) is 0 Å². The molecule has 0 aliphatic carbocycles. The monoisotopic (exact) mass is 299 g/mol. The fourth-order valence-corrected chi connectivity index (χ4v) is 2.90. The Labute approximate surface area is 135 Å². The van der Waals surface area contributed by atoms with Gasteiger partial charge in [0.05, 0.1) is 12.0 Å². The van der Waals surface area contributed by atoms with E-state index in [0.29, 0.717) is 0 Å². The van der Waals surface area contributed by atoms with Gasteiger partial charge in [-0.05, 0) is 41.5 Å². The third-order valence-electron chi connectivity index (χ3n) is 4.14. The molecule has 0 spiro atoms. The Morgan fingerprint density at radius 2 is 1.43 bits per heavy atom. The molecule has 0 aliphatic rings. The van der Waals surface area contributed by atoms with Crippen LogP contribution in [-0.4, -0.2) is 7.05 Å². The molecule has 2 heteroatoms. The topological polar surface area (TPSA) is 16.4 Å². The number of hydrogen-bond acceptors (Lipinski definition) is 2. The minimum atomic E-state index is 0.913. The Morgan fingerprint density at radius 3 is 2.17 bits per heavy atom. The lowest BCUT2D eigenvalue weighted by atomic mass is 10.0. The molecule has 0 saturated heterocycles. The van der Waals surface area contributed by atoms with E-state index in [1.807, 2.05) is 30.3 Å². The minimum Gasteiger partial charge on any atom is -0.462 e. The van der Waals surface area contributed by atoms with Gasteiger partial charge < -0.3 is 9.32 Å². The smallest absolute Gasteiger partial charge is 0.157 e. The molecule has 3 aromatic carbocycles. The first-order chi connectivity index (χ1) is 11.3. The van der Waals surface area contributed by atoms with Crippen LogP contribution in [-0.2, 0) is 0 Å². The number of nitrogens with zero attached hydrogens (tertiary/aromatic N) is 1. The minimum absolute atomic E-state index is 0.913. The van der Waals surface area contributed by atoms with Crippen molar-refractivity contribution < 1.29 is 4.42 Å². The van der Waals surface area contributed by atoms with Crippen molar-refractivity contribution in [1.82, 2.24) is 0 Å². The lowest BCUT2D eigenvalue weighted by molar-refractivity contribution is 0.616. The molecule has 0 amide bonds. The van der Waals surface area contributed by atoms with E-state index >= 15 is 0 Å². The van der Waals surface area contributed by atoms with Gasteiger partial charge in [-0.2, -0.15) is 0 Å². The summed E-state index contributed by atoms with van der Waals surface area (Å²) in [5.74, 6) is 0. The molecule has 1 heterocycles. The molecule has 112 valence electrons. The summed E-state index contributed by atoms with van der Waals surface area (Å²) in [5.41, 5.74) is 5.51. The fourth-order valence-electron chi connectivity index (χ4n) is 2.90. The van der Waals surface area contributed by atoms with Crippen LogP contribution in [0.4, 0.5) is 11.4 Å². The van der Waals surface area contributed by atoms with Crippen LogP contribution in [0.25, 0.3) is 22.1 Å². The predicted molar refractivity (Wildman–Crippen MR) is 96.2 cm³/mol. The molecule has 2 nitrogen and oxygen atoms in total. The summed E-state index contributed by atoms with van der Waals surface area (Å²) < 4.78 is 5.74. The van der Waals surface area contributed by atoms with Crippen LogP contribution in [0.1, 0.15) is 0 Å². The van der Waals surface area contributed by atoms with Crippen LogP contribution in [0.3, 0.4) is 0 Å². The maximum Gasteiger partial charge on any atom is 0.157 e. The number of furan rings is 1. The second-order valence-electron chi connectivity index (χ2n) is 5.59. The highest BCUT2D eigenvalue weighted by molar-refractivity contribution is 5.95. The summed E-state index contributed by atoms with van der Waals surface area (Å²) in [4.78, 5) is 2.16. The predicted octanol–water partition coefficient (Wildman–Crippen LogP) is 5.87. The lowest BCUT2D eigenvalue weighted by Crippen LogP contribution is -2.09. The Hall–Kier alpha value is -3.00. The molecule has 0 atom stereocenters. The van der Waals surface area contributed by atoms with Crippen molar-refractivity contribution in [3.05, 3.63) is 85.1 Å². The number of fused-ring (bicyclic) bond motifs is 1. The molecule has 0 N–H and O–H groups in total. The van der Waals surface area contributed by atoms with Crippen LogP contribution < -0.4 is 4.90 Å². The summed E-state index contributed by atoms with van der Waals surface area (Å²) in [5, 5.41) is 1.11.